The van der Waals surface area contributed by atoms with Gasteiger partial charge in [-0.05, 0) is 35.7 Å². The summed E-state index contributed by atoms with van der Waals surface area (Å²) in [6.07, 6.45) is -1.13. The summed E-state index contributed by atoms with van der Waals surface area (Å²) in [5.41, 5.74) is 0. The van der Waals surface area contributed by atoms with E-state index in [1.165, 1.54) is 0 Å². The molecule has 2 heterocycles. The Bertz CT molecular complexity index is 1140. The van der Waals surface area contributed by atoms with Crippen LogP contribution in [0, 0.1) is 0 Å². The first kappa shape index (κ1) is 30.3. The van der Waals surface area contributed by atoms with Crippen molar-refractivity contribution in [3.63, 3.8) is 0 Å². The molecule has 2 aromatic carbocycles. The lowest BCUT2D eigenvalue weighted by Crippen LogP contribution is -2.67. The van der Waals surface area contributed by atoms with Crippen LogP contribution in [0.1, 0.15) is 47.5 Å². The number of methoxy groups -OCH3 is 1. The summed E-state index contributed by atoms with van der Waals surface area (Å²) in [6.45, 7) is 10.6. The van der Waals surface area contributed by atoms with E-state index in [9.17, 15) is 8.42 Å². The predicted octanol–water partition coefficient (Wildman–Crippen LogP) is 3.58. The van der Waals surface area contributed by atoms with E-state index in [4.69, 9.17) is 27.6 Å². The first-order valence-electron chi connectivity index (χ1n) is 13.4. The minimum Gasteiger partial charge on any atom is -0.405 e. The molecular weight excluding hydrogens is 536 g/mol. The number of benzene rings is 2. The van der Waals surface area contributed by atoms with Crippen LogP contribution in [0.2, 0.25) is 5.04 Å². The molecule has 0 aliphatic carbocycles. The Balaban J connectivity index is 1.71. The van der Waals surface area contributed by atoms with Gasteiger partial charge in [0.15, 0.2) is 12.1 Å². The van der Waals surface area contributed by atoms with Crippen molar-refractivity contribution in [1.29, 1.82) is 0 Å². The second-order valence-electron chi connectivity index (χ2n) is 11.8. The van der Waals surface area contributed by atoms with E-state index in [-0.39, 0.29) is 11.6 Å². The van der Waals surface area contributed by atoms with Crippen LogP contribution in [-0.2, 0) is 37.7 Å². The normalized spacial score (nSPS) is 27.9. The van der Waals surface area contributed by atoms with Crippen molar-refractivity contribution in [2.45, 2.75) is 89.0 Å². The second kappa shape index (κ2) is 11.7. The Hall–Kier alpha value is -1.63. The lowest BCUT2D eigenvalue weighted by Gasteiger charge is -2.44. The highest BCUT2D eigenvalue weighted by atomic mass is 32.2. The second-order valence-corrected chi connectivity index (χ2v) is 17.7. The van der Waals surface area contributed by atoms with Gasteiger partial charge in [-0.3, -0.25) is 4.18 Å². The number of ether oxygens (including phenoxy) is 4. The monoisotopic (exact) mass is 578 g/mol. The van der Waals surface area contributed by atoms with Gasteiger partial charge in [0.2, 0.25) is 0 Å². The highest BCUT2D eigenvalue weighted by molar-refractivity contribution is 7.86. The van der Waals surface area contributed by atoms with Crippen molar-refractivity contribution in [2.24, 2.45) is 0 Å². The fourth-order valence-corrected chi connectivity index (χ4v) is 11.0. The molecule has 0 unspecified atom stereocenters. The van der Waals surface area contributed by atoms with Crippen LogP contribution >= 0.6 is 0 Å². The van der Waals surface area contributed by atoms with E-state index in [0.29, 0.717) is 12.8 Å². The maximum Gasteiger partial charge on any atom is 0.264 e. The van der Waals surface area contributed by atoms with Crippen LogP contribution in [0.4, 0.5) is 0 Å². The third-order valence-electron chi connectivity index (χ3n) is 7.35. The van der Waals surface area contributed by atoms with Crippen molar-refractivity contribution in [3.05, 3.63) is 60.7 Å². The van der Waals surface area contributed by atoms with Crippen LogP contribution in [-0.4, -0.2) is 73.2 Å². The van der Waals surface area contributed by atoms with Gasteiger partial charge >= 0.3 is 0 Å². The minimum atomic E-state index is -3.73. The van der Waals surface area contributed by atoms with Crippen molar-refractivity contribution < 1.29 is 36.0 Å². The van der Waals surface area contributed by atoms with Crippen molar-refractivity contribution in [1.82, 2.24) is 0 Å². The van der Waals surface area contributed by atoms with Gasteiger partial charge in [0.05, 0.1) is 12.9 Å². The van der Waals surface area contributed by atoms with Crippen LogP contribution in [0.3, 0.4) is 0 Å². The van der Waals surface area contributed by atoms with Gasteiger partial charge < -0.3 is 23.4 Å². The molecule has 8 nitrogen and oxygen atoms in total. The summed E-state index contributed by atoms with van der Waals surface area (Å²) < 4.78 is 61.3. The molecule has 2 saturated heterocycles. The molecule has 39 heavy (non-hydrogen) atoms. The lowest BCUT2D eigenvalue weighted by molar-refractivity contribution is -0.241. The van der Waals surface area contributed by atoms with Crippen LogP contribution in [0.25, 0.3) is 0 Å². The van der Waals surface area contributed by atoms with Gasteiger partial charge in [0.1, 0.15) is 24.4 Å². The molecule has 5 atom stereocenters. The molecule has 0 amide bonds. The molecule has 2 aliphatic heterocycles. The summed E-state index contributed by atoms with van der Waals surface area (Å²) in [4.78, 5) is 0. The molecule has 2 aromatic rings. The van der Waals surface area contributed by atoms with Gasteiger partial charge in [-0.25, -0.2) is 0 Å². The fraction of sp³-hybridized carbons (Fsp3) is 0.586. The van der Waals surface area contributed by atoms with Crippen molar-refractivity contribution in [2.75, 3.05) is 20.0 Å². The predicted molar refractivity (Wildman–Crippen MR) is 152 cm³/mol. The number of hydrogen-bond donors (Lipinski definition) is 0. The van der Waals surface area contributed by atoms with Crippen LogP contribution < -0.4 is 10.4 Å². The third kappa shape index (κ3) is 6.82. The zero-order chi connectivity index (χ0) is 28.5. The maximum absolute atomic E-state index is 12.1. The summed E-state index contributed by atoms with van der Waals surface area (Å²) in [6, 6.07) is 20.8. The molecule has 0 aromatic heterocycles. The van der Waals surface area contributed by atoms with Gasteiger partial charge in [-0.2, -0.15) is 8.42 Å². The molecule has 0 radical (unpaired) electrons. The zero-order valence-corrected chi connectivity index (χ0v) is 25.8. The molecule has 2 aliphatic rings. The summed E-state index contributed by atoms with van der Waals surface area (Å²) in [5, 5.41) is 2.10. The Morgan fingerprint density at radius 3 is 1.97 bits per heavy atom. The quantitative estimate of drug-likeness (QED) is 0.330. The van der Waals surface area contributed by atoms with Crippen LogP contribution in [0.5, 0.6) is 0 Å². The Morgan fingerprint density at radius 1 is 0.923 bits per heavy atom. The van der Waals surface area contributed by atoms with E-state index in [0.717, 1.165) is 16.6 Å². The van der Waals surface area contributed by atoms with E-state index in [2.05, 4.69) is 45.0 Å². The molecule has 4 rings (SSSR count). The Labute approximate surface area is 234 Å². The number of hydrogen-bond acceptors (Lipinski definition) is 8. The van der Waals surface area contributed by atoms with Crippen molar-refractivity contribution >= 4 is 28.8 Å². The molecule has 216 valence electrons. The molecule has 0 bridgehead atoms. The first-order valence-corrected chi connectivity index (χ1v) is 17.2. The zero-order valence-electron chi connectivity index (χ0n) is 24.0. The standard InChI is InChI=1S/C29H42O8SSi/c1-28(2,3)39(21-14-10-8-11-15-21,22-16-12-9-13-17-22)33-20-24-27(36-29(4,5)35-24)26-23(37-38(7,30)31)18-19-25(32-6)34-26/h8-17,23-27H,18-20H2,1-7H3/t23-,24+,25+,26+,27-/m1/s1. The van der Waals surface area contributed by atoms with E-state index >= 15 is 0 Å². The van der Waals surface area contributed by atoms with E-state index in [1.807, 2.05) is 50.2 Å². The van der Waals surface area contributed by atoms with Gasteiger partial charge in [-0.1, -0.05) is 81.4 Å². The Morgan fingerprint density at radius 2 is 1.49 bits per heavy atom. The molecule has 2 fully saturated rings. The largest absolute Gasteiger partial charge is 0.405 e. The minimum absolute atomic E-state index is 0.218. The third-order valence-corrected chi connectivity index (χ3v) is 13.0. The van der Waals surface area contributed by atoms with Crippen molar-refractivity contribution in [3.8, 4) is 0 Å². The fourth-order valence-electron chi connectivity index (χ4n) is 5.82. The maximum atomic E-state index is 12.1. The topological polar surface area (TPSA) is 89.5 Å². The average molecular weight is 579 g/mol. The van der Waals surface area contributed by atoms with Gasteiger partial charge in [-0.15, -0.1) is 0 Å². The smallest absolute Gasteiger partial charge is 0.264 e. The summed E-state index contributed by atoms with van der Waals surface area (Å²) in [5.74, 6) is -0.927. The highest BCUT2D eigenvalue weighted by Crippen LogP contribution is 2.40. The lowest BCUT2D eigenvalue weighted by atomic mass is 9.97. The summed E-state index contributed by atoms with van der Waals surface area (Å²) in [7, 11) is -5.00. The van der Waals surface area contributed by atoms with E-state index in [1.54, 1.807) is 7.11 Å². The van der Waals surface area contributed by atoms with Gasteiger partial charge in [0, 0.05) is 13.5 Å². The SMILES string of the molecule is CO[C@@H]1CC[C@@H](OS(C)(=O)=O)[C@@H]([C@@H]2OC(C)(C)O[C@H]2CO[Si](c2ccccc2)(c2ccccc2)C(C)(C)C)O1. The summed E-state index contributed by atoms with van der Waals surface area (Å²) >= 11 is 0. The first-order chi connectivity index (χ1) is 18.3. The number of rotatable bonds is 9. The van der Waals surface area contributed by atoms with Crippen LogP contribution in [0.15, 0.2) is 60.7 Å². The molecular formula is C29H42O8SSi. The molecule has 0 N–H and O–H groups in total. The molecule has 0 spiro atoms. The average Bonchev–Trinajstić information content (AvgIpc) is 3.18. The molecule has 10 heteroatoms. The highest BCUT2D eigenvalue weighted by Gasteiger charge is 2.54. The molecule has 0 saturated carbocycles. The Kier molecular flexibility index (Phi) is 9.09. The van der Waals surface area contributed by atoms with E-state index < -0.39 is 54.9 Å². The van der Waals surface area contributed by atoms with Gasteiger partial charge in [0.25, 0.3) is 18.4 Å².